The predicted molar refractivity (Wildman–Crippen MR) is 96.4 cm³/mol. The number of nitrogens with one attached hydrogen (secondary N) is 2. The first-order chi connectivity index (χ1) is 12.5. The summed E-state index contributed by atoms with van der Waals surface area (Å²) in [5.74, 6) is 0.157. The van der Waals surface area contributed by atoms with Gasteiger partial charge in [-0.05, 0) is 24.3 Å². The zero-order valence-electron chi connectivity index (χ0n) is 14.9. The van der Waals surface area contributed by atoms with E-state index in [0.29, 0.717) is 34.4 Å². The Kier molecular flexibility index (Phi) is 6.26. The molecule has 2 aromatic carbocycles. The van der Waals surface area contributed by atoms with Crippen molar-refractivity contribution in [2.75, 3.05) is 39.1 Å². The highest BCUT2D eigenvalue weighted by atomic mass is 16.5. The van der Waals surface area contributed by atoms with Crippen molar-refractivity contribution >= 4 is 23.2 Å². The molecular weight excluding hydrogens is 340 g/mol. The van der Waals surface area contributed by atoms with Crippen LogP contribution in [0.25, 0.3) is 0 Å². The smallest absolute Gasteiger partial charge is 0.314 e. The molecule has 0 spiro atoms. The number of carbonyl (C=O) groups excluding carboxylic acids is 2. The Morgan fingerprint density at radius 1 is 0.692 bits per heavy atom. The summed E-state index contributed by atoms with van der Waals surface area (Å²) < 4.78 is 20.6. The topological polar surface area (TPSA) is 95.1 Å². The number of anilines is 2. The van der Waals surface area contributed by atoms with Crippen molar-refractivity contribution in [1.29, 1.82) is 0 Å². The maximum Gasteiger partial charge on any atom is 0.314 e. The molecule has 0 heterocycles. The highest BCUT2D eigenvalue weighted by molar-refractivity contribution is 6.43. The van der Waals surface area contributed by atoms with Gasteiger partial charge in [0.1, 0.15) is 11.5 Å². The van der Waals surface area contributed by atoms with Gasteiger partial charge in [-0.2, -0.15) is 0 Å². The Bertz CT molecular complexity index is 806. The van der Waals surface area contributed by atoms with E-state index in [9.17, 15) is 9.59 Å². The lowest BCUT2D eigenvalue weighted by molar-refractivity contribution is -0.133. The van der Waals surface area contributed by atoms with Gasteiger partial charge in [0.25, 0.3) is 0 Å². The number of carbonyl (C=O) groups is 2. The molecule has 138 valence electrons. The summed E-state index contributed by atoms with van der Waals surface area (Å²) >= 11 is 0. The molecule has 0 radical (unpaired) electrons. The number of ether oxygens (including phenoxy) is 4. The summed E-state index contributed by atoms with van der Waals surface area (Å²) in [6.45, 7) is 0. The zero-order valence-corrected chi connectivity index (χ0v) is 14.9. The molecular formula is C18H20N2O6. The normalized spacial score (nSPS) is 9.85. The van der Waals surface area contributed by atoms with Gasteiger partial charge < -0.3 is 29.6 Å². The molecule has 0 bridgehead atoms. The first kappa shape index (κ1) is 18.9. The Hall–Kier alpha value is -3.42. The third kappa shape index (κ3) is 4.35. The molecule has 0 aliphatic heterocycles. The number of hydrogen-bond donors (Lipinski definition) is 2. The summed E-state index contributed by atoms with van der Waals surface area (Å²) in [7, 11) is 5.94. The lowest BCUT2D eigenvalue weighted by Crippen LogP contribution is -2.29. The second-order valence-corrected chi connectivity index (χ2v) is 5.04. The number of benzene rings is 2. The van der Waals surface area contributed by atoms with Crippen molar-refractivity contribution in [3.63, 3.8) is 0 Å². The first-order valence-corrected chi connectivity index (χ1v) is 7.58. The highest BCUT2D eigenvalue weighted by Gasteiger charge is 2.17. The van der Waals surface area contributed by atoms with E-state index in [1.54, 1.807) is 36.4 Å². The van der Waals surface area contributed by atoms with E-state index in [1.807, 2.05) is 0 Å². The fourth-order valence-corrected chi connectivity index (χ4v) is 2.19. The van der Waals surface area contributed by atoms with Crippen LogP contribution in [0, 0.1) is 0 Å². The van der Waals surface area contributed by atoms with Gasteiger partial charge >= 0.3 is 11.8 Å². The Morgan fingerprint density at radius 2 is 1.31 bits per heavy atom. The van der Waals surface area contributed by atoms with Crippen molar-refractivity contribution in [1.82, 2.24) is 0 Å². The van der Waals surface area contributed by atoms with E-state index < -0.39 is 11.8 Å². The van der Waals surface area contributed by atoms with E-state index in [0.717, 1.165) is 0 Å². The third-order valence-corrected chi connectivity index (χ3v) is 3.50. The van der Waals surface area contributed by atoms with Crippen LogP contribution in [-0.4, -0.2) is 40.3 Å². The fraction of sp³-hybridized carbons (Fsp3) is 0.222. The average molecular weight is 360 g/mol. The number of hydrogen-bond acceptors (Lipinski definition) is 6. The average Bonchev–Trinajstić information content (AvgIpc) is 2.67. The van der Waals surface area contributed by atoms with Crippen LogP contribution in [-0.2, 0) is 9.59 Å². The lowest BCUT2D eigenvalue weighted by Gasteiger charge is -2.12. The molecule has 0 fully saturated rings. The maximum atomic E-state index is 12.2. The lowest BCUT2D eigenvalue weighted by atomic mass is 10.2. The summed E-state index contributed by atoms with van der Waals surface area (Å²) in [6, 6.07) is 9.63. The number of amides is 2. The molecule has 0 aromatic heterocycles. The molecule has 0 saturated heterocycles. The van der Waals surface area contributed by atoms with Crippen LogP contribution >= 0.6 is 0 Å². The van der Waals surface area contributed by atoms with Gasteiger partial charge in [0.15, 0.2) is 11.5 Å². The predicted octanol–water partition coefficient (Wildman–Crippen LogP) is 2.30. The molecule has 26 heavy (non-hydrogen) atoms. The van der Waals surface area contributed by atoms with Crippen LogP contribution in [0.15, 0.2) is 36.4 Å². The van der Waals surface area contributed by atoms with E-state index in [1.165, 1.54) is 28.4 Å². The van der Waals surface area contributed by atoms with Gasteiger partial charge in [0, 0.05) is 17.8 Å². The molecule has 0 atom stereocenters. The summed E-state index contributed by atoms with van der Waals surface area (Å²) in [5, 5.41) is 4.99. The largest absolute Gasteiger partial charge is 0.497 e. The van der Waals surface area contributed by atoms with Crippen molar-refractivity contribution < 1.29 is 28.5 Å². The summed E-state index contributed by atoms with van der Waals surface area (Å²) in [6.07, 6.45) is 0. The van der Waals surface area contributed by atoms with Crippen molar-refractivity contribution in [2.24, 2.45) is 0 Å². The molecule has 0 aliphatic carbocycles. The Morgan fingerprint density at radius 3 is 1.92 bits per heavy atom. The van der Waals surface area contributed by atoms with Crippen LogP contribution < -0.4 is 29.6 Å². The van der Waals surface area contributed by atoms with E-state index >= 15 is 0 Å². The quantitative estimate of drug-likeness (QED) is 0.768. The molecule has 0 saturated carbocycles. The van der Waals surface area contributed by atoms with Crippen LogP contribution in [0.4, 0.5) is 11.4 Å². The van der Waals surface area contributed by atoms with E-state index in [-0.39, 0.29) is 0 Å². The second kappa shape index (κ2) is 8.61. The van der Waals surface area contributed by atoms with Crippen LogP contribution in [0.3, 0.4) is 0 Å². The summed E-state index contributed by atoms with van der Waals surface area (Å²) in [4.78, 5) is 24.3. The van der Waals surface area contributed by atoms with Crippen LogP contribution in [0.5, 0.6) is 23.0 Å². The Labute approximate surface area is 151 Å². The molecule has 0 aliphatic rings. The molecule has 0 unspecified atom stereocenters. The molecule has 2 N–H and O–H groups in total. The van der Waals surface area contributed by atoms with E-state index in [4.69, 9.17) is 18.9 Å². The molecule has 2 rings (SSSR count). The van der Waals surface area contributed by atoms with Crippen LogP contribution in [0.2, 0.25) is 0 Å². The SMILES string of the molecule is COc1ccc(OC)c(NC(=O)C(=O)Nc2ccc(OC)c(OC)c2)c1. The van der Waals surface area contributed by atoms with Crippen molar-refractivity contribution in [2.45, 2.75) is 0 Å². The minimum Gasteiger partial charge on any atom is -0.497 e. The molecule has 8 heteroatoms. The van der Waals surface area contributed by atoms with E-state index in [2.05, 4.69) is 10.6 Å². The second-order valence-electron chi connectivity index (χ2n) is 5.04. The van der Waals surface area contributed by atoms with Gasteiger partial charge in [-0.1, -0.05) is 0 Å². The van der Waals surface area contributed by atoms with Crippen molar-refractivity contribution in [3.05, 3.63) is 36.4 Å². The standard InChI is InChI=1S/C18H20N2O6/c1-23-12-6-8-14(24-2)13(10-12)20-18(22)17(21)19-11-5-7-15(25-3)16(9-11)26-4/h5-10H,1-4H3,(H,19,21)(H,20,22). The zero-order chi connectivity index (χ0) is 19.1. The third-order valence-electron chi connectivity index (χ3n) is 3.50. The maximum absolute atomic E-state index is 12.2. The van der Waals surface area contributed by atoms with Gasteiger partial charge in [0.05, 0.1) is 34.1 Å². The Balaban J connectivity index is 2.12. The van der Waals surface area contributed by atoms with Gasteiger partial charge in [-0.15, -0.1) is 0 Å². The molecule has 2 amide bonds. The summed E-state index contributed by atoms with van der Waals surface area (Å²) in [5.41, 5.74) is 0.708. The first-order valence-electron chi connectivity index (χ1n) is 7.58. The fourth-order valence-electron chi connectivity index (χ4n) is 2.19. The number of methoxy groups -OCH3 is 4. The number of rotatable bonds is 6. The molecule has 2 aromatic rings. The molecule has 8 nitrogen and oxygen atoms in total. The van der Waals surface area contributed by atoms with Crippen molar-refractivity contribution in [3.8, 4) is 23.0 Å². The minimum absolute atomic E-state index is 0.319. The van der Waals surface area contributed by atoms with Crippen LogP contribution in [0.1, 0.15) is 0 Å². The van der Waals surface area contributed by atoms with Gasteiger partial charge in [0.2, 0.25) is 0 Å². The van der Waals surface area contributed by atoms with Gasteiger partial charge in [-0.25, -0.2) is 0 Å². The van der Waals surface area contributed by atoms with Gasteiger partial charge in [-0.3, -0.25) is 9.59 Å². The minimum atomic E-state index is -0.855. The monoisotopic (exact) mass is 360 g/mol. The highest BCUT2D eigenvalue weighted by Crippen LogP contribution is 2.30.